The molecule has 0 unspecified atom stereocenters. The molecule has 1 aliphatic heterocycles. The first kappa shape index (κ1) is 13.6. The number of benzene rings is 1. The van der Waals surface area contributed by atoms with E-state index < -0.39 is 0 Å². The average molecular weight is 282 g/mol. The summed E-state index contributed by atoms with van der Waals surface area (Å²) in [5, 5.41) is 2.80. The van der Waals surface area contributed by atoms with Crippen molar-refractivity contribution in [2.45, 2.75) is 26.4 Å². The van der Waals surface area contributed by atoms with E-state index in [1.165, 1.54) is 12.5 Å². The fourth-order valence-electron chi connectivity index (χ4n) is 2.63. The van der Waals surface area contributed by atoms with Crippen molar-refractivity contribution in [2.75, 3.05) is 6.54 Å². The van der Waals surface area contributed by atoms with Crippen molar-refractivity contribution in [3.05, 3.63) is 47.7 Å². The molecule has 21 heavy (non-hydrogen) atoms. The number of aromatic nitrogens is 1. The van der Waals surface area contributed by atoms with Crippen molar-refractivity contribution < 1.29 is 9.53 Å². The lowest BCUT2D eigenvalue weighted by atomic mass is 10.0. The molecule has 0 saturated heterocycles. The average Bonchev–Trinajstić information content (AvgIpc) is 2.87. The predicted octanol–water partition coefficient (Wildman–Crippen LogP) is 2.50. The smallest absolute Gasteiger partial charge is 0.217 e. The molecule has 0 aliphatic carbocycles. The van der Waals surface area contributed by atoms with Gasteiger partial charge < -0.3 is 10.1 Å². The number of amides is 1. The summed E-state index contributed by atoms with van der Waals surface area (Å²) in [7, 11) is 0. The first-order chi connectivity index (χ1) is 10.1. The molecular weight excluding hydrogens is 264 g/mol. The second kappa shape index (κ2) is 5.56. The van der Waals surface area contributed by atoms with Crippen molar-refractivity contribution in [3.63, 3.8) is 0 Å². The number of pyridine rings is 1. The number of hydrogen-bond acceptors (Lipinski definition) is 3. The SMILES string of the molecule is CC(=O)NC[C@H]1Cc2cc(-c3ncccc3C)ccc2O1. The molecule has 1 N–H and O–H groups in total. The van der Waals surface area contributed by atoms with Crippen LogP contribution in [0.4, 0.5) is 0 Å². The fraction of sp³-hybridized carbons (Fsp3) is 0.294. The van der Waals surface area contributed by atoms with Crippen LogP contribution in [-0.4, -0.2) is 23.5 Å². The summed E-state index contributed by atoms with van der Waals surface area (Å²) in [4.78, 5) is 15.4. The third kappa shape index (κ3) is 2.89. The van der Waals surface area contributed by atoms with Crippen LogP contribution >= 0.6 is 0 Å². The summed E-state index contributed by atoms with van der Waals surface area (Å²) in [6.07, 6.45) is 2.64. The van der Waals surface area contributed by atoms with Gasteiger partial charge in [0.15, 0.2) is 0 Å². The van der Waals surface area contributed by atoms with Gasteiger partial charge in [0, 0.05) is 25.1 Å². The second-order valence-corrected chi connectivity index (χ2v) is 5.37. The summed E-state index contributed by atoms with van der Waals surface area (Å²) in [6, 6.07) is 10.2. The highest BCUT2D eigenvalue weighted by atomic mass is 16.5. The molecule has 108 valence electrons. The maximum absolute atomic E-state index is 11.0. The van der Waals surface area contributed by atoms with Crippen molar-refractivity contribution in [3.8, 4) is 17.0 Å². The minimum atomic E-state index is -0.0284. The number of nitrogens with zero attached hydrogens (tertiary/aromatic N) is 1. The topological polar surface area (TPSA) is 51.2 Å². The van der Waals surface area contributed by atoms with Gasteiger partial charge in [-0.1, -0.05) is 6.07 Å². The Morgan fingerprint density at radius 2 is 2.29 bits per heavy atom. The number of fused-ring (bicyclic) bond motifs is 1. The Morgan fingerprint density at radius 3 is 3.05 bits per heavy atom. The first-order valence-electron chi connectivity index (χ1n) is 7.09. The normalized spacial score (nSPS) is 16.2. The Kier molecular flexibility index (Phi) is 3.60. The third-order valence-corrected chi connectivity index (χ3v) is 3.66. The molecule has 0 bridgehead atoms. The highest BCUT2D eigenvalue weighted by molar-refractivity contribution is 5.72. The fourth-order valence-corrected chi connectivity index (χ4v) is 2.63. The number of carbonyl (C=O) groups excluding carboxylic acids is 1. The van der Waals surface area contributed by atoms with E-state index >= 15 is 0 Å². The van der Waals surface area contributed by atoms with Crippen LogP contribution in [0.2, 0.25) is 0 Å². The number of hydrogen-bond donors (Lipinski definition) is 1. The molecule has 2 heterocycles. The molecule has 2 aromatic rings. The van der Waals surface area contributed by atoms with Crippen LogP contribution < -0.4 is 10.1 Å². The zero-order valence-corrected chi connectivity index (χ0v) is 12.2. The van der Waals surface area contributed by atoms with E-state index in [9.17, 15) is 4.79 Å². The van der Waals surface area contributed by atoms with Gasteiger partial charge in [-0.05, 0) is 42.3 Å². The number of aryl methyl sites for hydroxylation is 1. The van der Waals surface area contributed by atoms with Crippen molar-refractivity contribution in [2.24, 2.45) is 0 Å². The largest absolute Gasteiger partial charge is 0.488 e. The van der Waals surface area contributed by atoms with Crippen molar-refractivity contribution in [1.29, 1.82) is 0 Å². The minimum Gasteiger partial charge on any atom is -0.488 e. The molecule has 0 fully saturated rings. The molecule has 0 saturated carbocycles. The van der Waals surface area contributed by atoms with E-state index in [0.717, 1.165) is 29.0 Å². The summed E-state index contributed by atoms with van der Waals surface area (Å²) in [6.45, 7) is 4.12. The molecule has 3 rings (SSSR count). The van der Waals surface area contributed by atoms with Gasteiger partial charge in [-0.15, -0.1) is 0 Å². The molecule has 1 aromatic heterocycles. The van der Waals surface area contributed by atoms with E-state index in [0.29, 0.717) is 6.54 Å². The minimum absolute atomic E-state index is 0.0176. The van der Waals surface area contributed by atoms with E-state index in [-0.39, 0.29) is 12.0 Å². The molecule has 1 amide bonds. The Morgan fingerprint density at radius 1 is 1.43 bits per heavy atom. The molecular formula is C17H18N2O2. The van der Waals surface area contributed by atoms with Gasteiger partial charge in [-0.3, -0.25) is 9.78 Å². The van der Waals surface area contributed by atoms with E-state index in [4.69, 9.17) is 4.74 Å². The standard InChI is InChI=1S/C17H18N2O2/c1-11-4-3-7-18-17(11)13-5-6-16-14(8-13)9-15(21-16)10-19-12(2)20/h3-8,15H,9-10H2,1-2H3,(H,19,20)/t15-/m1/s1. The zero-order valence-electron chi connectivity index (χ0n) is 12.2. The van der Waals surface area contributed by atoms with Gasteiger partial charge in [0.05, 0.1) is 12.2 Å². The molecule has 1 aliphatic rings. The quantitative estimate of drug-likeness (QED) is 0.941. The predicted molar refractivity (Wildman–Crippen MR) is 81.2 cm³/mol. The Labute approximate surface area is 124 Å². The lowest BCUT2D eigenvalue weighted by molar-refractivity contribution is -0.119. The Hall–Kier alpha value is -2.36. The number of nitrogens with one attached hydrogen (secondary N) is 1. The van der Waals surface area contributed by atoms with Gasteiger partial charge in [0.2, 0.25) is 5.91 Å². The van der Waals surface area contributed by atoms with Gasteiger partial charge in [0.1, 0.15) is 11.9 Å². The van der Waals surface area contributed by atoms with Gasteiger partial charge >= 0.3 is 0 Å². The maximum Gasteiger partial charge on any atom is 0.217 e. The molecule has 4 nitrogen and oxygen atoms in total. The summed E-state index contributed by atoms with van der Waals surface area (Å²) >= 11 is 0. The highest BCUT2D eigenvalue weighted by Gasteiger charge is 2.23. The van der Waals surface area contributed by atoms with Crippen LogP contribution in [0.5, 0.6) is 5.75 Å². The molecule has 1 aromatic carbocycles. The van der Waals surface area contributed by atoms with Crippen molar-refractivity contribution in [1.82, 2.24) is 10.3 Å². The van der Waals surface area contributed by atoms with Crippen LogP contribution in [0.3, 0.4) is 0 Å². The van der Waals surface area contributed by atoms with Gasteiger partial charge in [-0.25, -0.2) is 0 Å². The maximum atomic E-state index is 11.0. The monoisotopic (exact) mass is 282 g/mol. The Bertz CT molecular complexity index is 682. The number of ether oxygens (including phenoxy) is 1. The van der Waals surface area contributed by atoms with E-state index in [1.54, 1.807) is 0 Å². The molecule has 0 radical (unpaired) electrons. The van der Waals surface area contributed by atoms with Gasteiger partial charge in [-0.2, -0.15) is 0 Å². The lowest BCUT2D eigenvalue weighted by Gasteiger charge is -2.10. The second-order valence-electron chi connectivity index (χ2n) is 5.37. The summed E-state index contributed by atoms with van der Waals surface area (Å²) < 4.78 is 5.84. The van der Waals surface area contributed by atoms with Crippen LogP contribution in [0, 0.1) is 6.92 Å². The molecule has 0 spiro atoms. The van der Waals surface area contributed by atoms with E-state index in [2.05, 4.69) is 29.4 Å². The molecule has 1 atom stereocenters. The number of carbonyl (C=O) groups is 1. The third-order valence-electron chi connectivity index (χ3n) is 3.66. The van der Waals surface area contributed by atoms with Crippen LogP contribution in [-0.2, 0) is 11.2 Å². The number of rotatable bonds is 3. The molecule has 4 heteroatoms. The summed E-state index contributed by atoms with van der Waals surface area (Å²) in [5.74, 6) is 0.877. The Balaban J connectivity index is 1.81. The van der Waals surface area contributed by atoms with Crippen LogP contribution in [0.1, 0.15) is 18.1 Å². The zero-order chi connectivity index (χ0) is 14.8. The first-order valence-corrected chi connectivity index (χ1v) is 7.09. The highest BCUT2D eigenvalue weighted by Crippen LogP contribution is 2.33. The summed E-state index contributed by atoms with van der Waals surface area (Å²) in [5.41, 5.74) is 4.44. The lowest BCUT2D eigenvalue weighted by Crippen LogP contribution is -2.32. The van der Waals surface area contributed by atoms with Crippen LogP contribution in [0.15, 0.2) is 36.5 Å². The van der Waals surface area contributed by atoms with E-state index in [1.807, 2.05) is 24.4 Å². The van der Waals surface area contributed by atoms with Gasteiger partial charge in [0.25, 0.3) is 0 Å². The van der Waals surface area contributed by atoms with Crippen molar-refractivity contribution >= 4 is 5.91 Å². The van der Waals surface area contributed by atoms with Crippen LogP contribution in [0.25, 0.3) is 11.3 Å².